The minimum Gasteiger partial charge on any atom is -0.412 e. The summed E-state index contributed by atoms with van der Waals surface area (Å²) in [6.07, 6.45) is 0. The van der Waals surface area contributed by atoms with Crippen molar-refractivity contribution in [3.8, 4) is 0 Å². The zero-order chi connectivity index (χ0) is 7.15. The van der Waals surface area contributed by atoms with Crippen LogP contribution in [0.2, 0.25) is 0 Å². The van der Waals surface area contributed by atoms with Crippen LogP contribution in [0.4, 0.5) is 0 Å². The van der Waals surface area contributed by atoms with Gasteiger partial charge in [0, 0.05) is 0 Å². The van der Waals surface area contributed by atoms with Crippen molar-refractivity contribution >= 4 is 37.7 Å². The molecular weight excluding hydrogens is 267 g/mol. The van der Waals surface area contributed by atoms with Crippen LogP contribution >= 0.6 is 0 Å². The Morgan fingerprint density at radius 1 is 0.643 bits per heavy atom. The van der Waals surface area contributed by atoms with Crippen molar-refractivity contribution in [1.82, 2.24) is 0 Å². The fourth-order valence-corrected chi connectivity index (χ4v) is 0. The Hall–Kier alpha value is 1.14. The molecule has 0 unspecified atom stereocenters. The van der Waals surface area contributed by atoms with Gasteiger partial charge in [0.2, 0.25) is 0 Å². The molecule has 0 heterocycles. The quantitative estimate of drug-likeness (QED) is 0.235. The van der Waals surface area contributed by atoms with Gasteiger partial charge in [-0.2, -0.15) is 0 Å². The summed E-state index contributed by atoms with van der Waals surface area (Å²) in [5.74, 6) is 0. The molecule has 0 aromatic carbocycles. The van der Waals surface area contributed by atoms with Crippen molar-refractivity contribution in [2.45, 2.75) is 0 Å². The van der Waals surface area contributed by atoms with Gasteiger partial charge in [0.15, 0.2) is 0 Å². The molecule has 0 spiro atoms. The van der Waals surface area contributed by atoms with Gasteiger partial charge in [-0.15, -0.1) is 0 Å². The van der Waals surface area contributed by atoms with Gasteiger partial charge in [0.1, 0.15) is 0 Å². The predicted molar refractivity (Wildman–Crippen MR) is 40.9 cm³/mol. The minimum absolute atomic E-state index is 0. The van der Waals surface area contributed by atoms with E-state index in [1.807, 2.05) is 0 Å². The summed E-state index contributed by atoms with van der Waals surface area (Å²) in [6, 6.07) is 0. The summed E-state index contributed by atoms with van der Waals surface area (Å²) in [4.78, 5) is 16.5. The second kappa shape index (κ2) is 47.9. The van der Waals surface area contributed by atoms with Crippen molar-refractivity contribution < 1.29 is 83.5 Å². The molecule has 0 radical (unpaired) electrons. The maximum absolute atomic E-state index is 8.25. The molecule has 0 aromatic heterocycles. The number of hydrogen-bond donors (Lipinski definition) is 0. The van der Waals surface area contributed by atoms with Crippen molar-refractivity contribution in [3.63, 3.8) is 0 Å². The maximum atomic E-state index is 8.25. The second-order valence-electron chi connectivity index (χ2n) is 0.447. The average molecular weight is 275 g/mol. The molecule has 0 rings (SSSR count). The molecule has 14 heavy (non-hydrogen) atoms. The fourth-order valence-electron chi connectivity index (χ4n) is 0. The van der Waals surface area contributed by atoms with Crippen LogP contribution in [0.1, 0.15) is 0 Å². The Bertz CT molecular complexity index is 76.1. The van der Waals surface area contributed by atoms with Crippen LogP contribution in [0.15, 0.2) is 0 Å². The molecule has 0 atom stereocenters. The molecule has 12 nitrogen and oxygen atoms in total. The number of nitrogens with zero attached hydrogens (tertiary/aromatic N) is 2. The van der Waals surface area contributed by atoms with E-state index in [0.29, 0.717) is 0 Å². The monoisotopic (exact) mass is 275 g/mol. The molecule has 8 N–H and O–H groups in total. The summed E-state index contributed by atoms with van der Waals surface area (Å²) in [5.41, 5.74) is 0. The van der Waals surface area contributed by atoms with Gasteiger partial charge in [-0.05, 0) is 0 Å². The molecular formula is H8CaKN2O10+. The molecule has 0 saturated heterocycles. The second-order valence-corrected chi connectivity index (χ2v) is 0.447. The number of rotatable bonds is 0. The zero-order valence-electron chi connectivity index (χ0n) is 7.05. The Morgan fingerprint density at radius 2 is 0.643 bits per heavy atom. The first kappa shape index (κ1) is 59.4. The average Bonchev–Trinajstić information content (AvgIpc) is 1.25. The van der Waals surface area contributed by atoms with E-state index in [1.165, 1.54) is 0 Å². The van der Waals surface area contributed by atoms with Crippen LogP contribution in [-0.4, -0.2) is 69.8 Å². The molecule has 0 aliphatic carbocycles. The summed E-state index contributed by atoms with van der Waals surface area (Å²) in [5, 5.41) is 29.5. The van der Waals surface area contributed by atoms with Gasteiger partial charge in [-0.1, -0.05) is 0 Å². The van der Waals surface area contributed by atoms with E-state index in [0.717, 1.165) is 0 Å². The smallest absolute Gasteiger partial charge is 0.412 e. The van der Waals surface area contributed by atoms with Crippen LogP contribution in [0.3, 0.4) is 0 Å². The van der Waals surface area contributed by atoms with E-state index < -0.39 is 10.2 Å². The van der Waals surface area contributed by atoms with E-state index in [-0.39, 0.29) is 111 Å². The van der Waals surface area contributed by atoms with Crippen LogP contribution in [-0.2, 0) is 0 Å². The van der Waals surface area contributed by atoms with Crippen LogP contribution in [0.25, 0.3) is 0 Å². The van der Waals surface area contributed by atoms with Crippen molar-refractivity contribution in [2.24, 2.45) is 0 Å². The zero-order valence-corrected chi connectivity index (χ0v) is 12.4. The van der Waals surface area contributed by atoms with Crippen LogP contribution < -0.4 is 51.4 Å². The molecule has 0 aliphatic rings. The summed E-state index contributed by atoms with van der Waals surface area (Å²) < 4.78 is 0. The normalized spacial score (nSPS) is 3.43. The first-order valence-corrected chi connectivity index (χ1v) is 1.10. The van der Waals surface area contributed by atoms with Crippen LogP contribution in [0.5, 0.6) is 0 Å². The van der Waals surface area contributed by atoms with Gasteiger partial charge < -0.3 is 52.5 Å². The third-order valence-corrected chi connectivity index (χ3v) is 0. The van der Waals surface area contributed by atoms with Crippen molar-refractivity contribution in [3.05, 3.63) is 30.6 Å². The Morgan fingerprint density at radius 3 is 0.643 bits per heavy atom. The topological polar surface area (TPSA) is 258 Å². The Kier molecular flexibility index (Phi) is 203. The summed E-state index contributed by atoms with van der Waals surface area (Å²) >= 11 is 0. The predicted octanol–water partition coefficient (Wildman–Crippen LogP) is -7.15. The Balaban J connectivity index is -0.00000000600. The molecule has 0 aliphatic heterocycles. The SMILES string of the molecule is O.O.O.O.O=[N+]([O-])[O-].O=[N+]([O-])[O-].[Ca+2].[K+]. The standard InChI is InChI=1S/Ca.K.2NO3.4H2O/c;;2*2-1(3)4;;;;/h;;;;4*1H2/q+2;+1;2*-1;;;;. The van der Waals surface area contributed by atoms with Crippen molar-refractivity contribution in [1.29, 1.82) is 0 Å². The van der Waals surface area contributed by atoms with E-state index in [9.17, 15) is 0 Å². The van der Waals surface area contributed by atoms with Crippen molar-refractivity contribution in [2.75, 3.05) is 0 Å². The third kappa shape index (κ3) is 1500. The molecule has 0 saturated carbocycles. The van der Waals surface area contributed by atoms with Gasteiger partial charge in [0.25, 0.3) is 0 Å². The molecule has 14 heteroatoms. The maximum Gasteiger partial charge on any atom is 2.00 e. The van der Waals surface area contributed by atoms with Gasteiger partial charge in [0.05, 0.1) is 10.2 Å². The van der Waals surface area contributed by atoms with Gasteiger partial charge >= 0.3 is 89.1 Å². The molecule has 0 fully saturated rings. The van der Waals surface area contributed by atoms with E-state index >= 15 is 0 Å². The van der Waals surface area contributed by atoms with Crippen LogP contribution in [0, 0.1) is 30.6 Å². The molecule has 0 bridgehead atoms. The van der Waals surface area contributed by atoms with E-state index in [1.54, 1.807) is 0 Å². The first-order valence-electron chi connectivity index (χ1n) is 1.10. The molecule has 80 valence electrons. The third-order valence-electron chi connectivity index (χ3n) is 0. The fraction of sp³-hybridized carbons (Fsp3) is 0. The first-order chi connectivity index (χ1) is 3.46. The summed E-state index contributed by atoms with van der Waals surface area (Å²) in [7, 11) is 0. The van der Waals surface area contributed by atoms with E-state index in [4.69, 9.17) is 30.6 Å². The van der Waals surface area contributed by atoms with Gasteiger partial charge in [-0.3, -0.25) is 0 Å². The largest absolute Gasteiger partial charge is 2.00 e. The number of hydrogen-bond acceptors (Lipinski definition) is 6. The Labute approximate surface area is 149 Å². The molecule has 0 aromatic rings. The van der Waals surface area contributed by atoms with Gasteiger partial charge in [-0.25, -0.2) is 0 Å². The molecule has 0 amide bonds. The van der Waals surface area contributed by atoms with E-state index in [2.05, 4.69) is 0 Å². The minimum atomic E-state index is -1.75. The summed E-state index contributed by atoms with van der Waals surface area (Å²) in [6.45, 7) is 0.